The lowest BCUT2D eigenvalue weighted by Gasteiger charge is -2.23. The lowest BCUT2D eigenvalue weighted by Crippen LogP contribution is -2.48. The molecule has 0 bridgehead atoms. The van der Waals surface area contributed by atoms with E-state index in [0.717, 1.165) is 6.54 Å². The molecule has 0 aromatic heterocycles. The van der Waals surface area contributed by atoms with Gasteiger partial charge in [-0.15, -0.1) is 0 Å². The Hall–Kier alpha value is -1.15. The molecule has 0 spiro atoms. The first-order chi connectivity index (χ1) is 9.12. The van der Waals surface area contributed by atoms with Crippen LogP contribution in [0.4, 0.5) is 0 Å². The lowest BCUT2D eigenvalue weighted by molar-refractivity contribution is 0.0784. The molecule has 1 heterocycles. The molecule has 1 fully saturated rings. The first-order valence-electron chi connectivity index (χ1n) is 6.06. The number of rotatable bonds is 5. The molecule has 1 unspecified atom stereocenters. The van der Waals surface area contributed by atoms with E-state index in [1.54, 1.807) is 12.1 Å². The van der Waals surface area contributed by atoms with Crippen LogP contribution in [0.5, 0.6) is 5.75 Å². The quantitative estimate of drug-likeness (QED) is 0.794. The van der Waals surface area contributed by atoms with Crippen LogP contribution in [0.2, 0.25) is 0 Å². The molecule has 1 aliphatic heterocycles. The summed E-state index contributed by atoms with van der Waals surface area (Å²) in [6.07, 6.45) is 0. The highest BCUT2D eigenvalue weighted by molar-refractivity contribution is 7.89. The number of nitrogens with one attached hydrogen (secondary N) is 2. The van der Waals surface area contributed by atoms with E-state index in [1.165, 1.54) is 19.2 Å². The second-order valence-corrected chi connectivity index (χ2v) is 6.02. The molecule has 0 amide bonds. The van der Waals surface area contributed by atoms with Gasteiger partial charge in [-0.05, 0) is 24.3 Å². The molecule has 6 nitrogen and oxygen atoms in total. The summed E-state index contributed by atoms with van der Waals surface area (Å²) in [4.78, 5) is 0.227. The van der Waals surface area contributed by atoms with Crippen molar-refractivity contribution in [2.45, 2.75) is 10.9 Å². The third kappa shape index (κ3) is 3.90. The van der Waals surface area contributed by atoms with Gasteiger partial charge in [-0.3, -0.25) is 0 Å². The van der Waals surface area contributed by atoms with Crippen molar-refractivity contribution in [2.24, 2.45) is 0 Å². The lowest BCUT2D eigenvalue weighted by atomic mass is 10.3. The van der Waals surface area contributed by atoms with Crippen LogP contribution < -0.4 is 14.8 Å². The number of ether oxygens (including phenoxy) is 2. The maximum atomic E-state index is 12.1. The summed E-state index contributed by atoms with van der Waals surface area (Å²) in [5.74, 6) is 0.626. The second-order valence-electron chi connectivity index (χ2n) is 4.25. The van der Waals surface area contributed by atoms with Crippen molar-refractivity contribution in [1.29, 1.82) is 0 Å². The smallest absolute Gasteiger partial charge is 0.240 e. The maximum Gasteiger partial charge on any atom is 0.240 e. The molecule has 1 aromatic rings. The van der Waals surface area contributed by atoms with Gasteiger partial charge in [0.2, 0.25) is 10.0 Å². The predicted octanol–water partition coefficient (Wildman–Crippen LogP) is -0.0381. The Bertz CT molecular complexity index is 495. The van der Waals surface area contributed by atoms with Crippen LogP contribution in [0.15, 0.2) is 29.2 Å². The third-order valence-corrected chi connectivity index (χ3v) is 4.33. The molecule has 1 aliphatic rings. The van der Waals surface area contributed by atoms with Crippen LogP contribution in [0.3, 0.4) is 0 Å². The molecular formula is C12H18N2O4S. The van der Waals surface area contributed by atoms with Gasteiger partial charge in [0, 0.05) is 19.1 Å². The first-order valence-corrected chi connectivity index (χ1v) is 7.55. The Labute approximate surface area is 113 Å². The monoisotopic (exact) mass is 286 g/mol. The zero-order chi connectivity index (χ0) is 13.7. The van der Waals surface area contributed by atoms with Gasteiger partial charge in [-0.1, -0.05) is 0 Å². The average molecular weight is 286 g/mol. The van der Waals surface area contributed by atoms with Crippen molar-refractivity contribution in [1.82, 2.24) is 10.0 Å². The van der Waals surface area contributed by atoms with Crippen LogP contribution in [-0.2, 0) is 14.8 Å². The van der Waals surface area contributed by atoms with Gasteiger partial charge in [0.1, 0.15) is 5.75 Å². The molecule has 19 heavy (non-hydrogen) atoms. The SMILES string of the molecule is COc1ccc(S(=O)(=O)NCC2COCCN2)cc1. The molecule has 0 aliphatic carbocycles. The fourth-order valence-electron chi connectivity index (χ4n) is 1.80. The minimum Gasteiger partial charge on any atom is -0.497 e. The molecule has 1 atom stereocenters. The molecule has 7 heteroatoms. The van der Waals surface area contributed by atoms with Crippen LogP contribution >= 0.6 is 0 Å². The molecule has 0 saturated carbocycles. The topological polar surface area (TPSA) is 76.7 Å². The average Bonchev–Trinajstić information content (AvgIpc) is 2.46. The van der Waals surface area contributed by atoms with E-state index in [-0.39, 0.29) is 10.9 Å². The Kier molecular flexibility index (Phi) is 4.76. The zero-order valence-corrected chi connectivity index (χ0v) is 11.6. The minimum atomic E-state index is -3.49. The highest BCUT2D eigenvalue weighted by atomic mass is 32.2. The molecular weight excluding hydrogens is 268 g/mol. The summed E-state index contributed by atoms with van der Waals surface area (Å²) >= 11 is 0. The van der Waals surface area contributed by atoms with E-state index < -0.39 is 10.0 Å². The molecule has 106 valence electrons. The number of sulfonamides is 1. The third-order valence-electron chi connectivity index (χ3n) is 2.89. The number of hydrogen-bond acceptors (Lipinski definition) is 5. The Morgan fingerprint density at radius 3 is 2.74 bits per heavy atom. The van der Waals surface area contributed by atoms with E-state index in [9.17, 15) is 8.42 Å². The number of morpholine rings is 1. The van der Waals surface area contributed by atoms with E-state index >= 15 is 0 Å². The Morgan fingerprint density at radius 1 is 1.42 bits per heavy atom. The number of hydrogen-bond donors (Lipinski definition) is 2. The largest absolute Gasteiger partial charge is 0.497 e. The first kappa shape index (κ1) is 14.3. The van der Waals surface area contributed by atoms with Crippen LogP contribution in [-0.4, -0.2) is 47.9 Å². The van der Waals surface area contributed by atoms with Crippen molar-refractivity contribution in [3.63, 3.8) is 0 Å². The van der Waals surface area contributed by atoms with Crippen molar-refractivity contribution in [3.8, 4) is 5.75 Å². The van der Waals surface area contributed by atoms with E-state index in [1.807, 2.05) is 0 Å². The van der Waals surface area contributed by atoms with Gasteiger partial charge in [-0.25, -0.2) is 13.1 Å². The van der Waals surface area contributed by atoms with E-state index in [0.29, 0.717) is 25.5 Å². The fraction of sp³-hybridized carbons (Fsp3) is 0.500. The van der Waals surface area contributed by atoms with E-state index in [4.69, 9.17) is 9.47 Å². The minimum absolute atomic E-state index is 0.0155. The van der Waals surface area contributed by atoms with Crippen molar-refractivity contribution in [3.05, 3.63) is 24.3 Å². The molecule has 0 radical (unpaired) electrons. The Balaban J connectivity index is 1.96. The summed E-state index contributed by atoms with van der Waals surface area (Å²) in [5.41, 5.74) is 0. The normalized spacial score (nSPS) is 20.2. The Morgan fingerprint density at radius 2 is 2.16 bits per heavy atom. The van der Waals surface area contributed by atoms with Gasteiger partial charge in [-0.2, -0.15) is 0 Å². The van der Waals surface area contributed by atoms with Crippen LogP contribution in [0, 0.1) is 0 Å². The van der Waals surface area contributed by atoms with Gasteiger partial charge < -0.3 is 14.8 Å². The fourth-order valence-corrected chi connectivity index (χ4v) is 2.88. The van der Waals surface area contributed by atoms with Crippen molar-refractivity contribution >= 4 is 10.0 Å². The summed E-state index contributed by atoms with van der Waals surface area (Å²) in [6, 6.07) is 6.30. The predicted molar refractivity (Wildman–Crippen MR) is 70.8 cm³/mol. The number of methoxy groups -OCH3 is 1. The molecule has 1 aromatic carbocycles. The molecule has 2 rings (SSSR count). The van der Waals surface area contributed by atoms with Gasteiger partial charge in [0.15, 0.2) is 0 Å². The van der Waals surface area contributed by atoms with Gasteiger partial charge >= 0.3 is 0 Å². The van der Waals surface area contributed by atoms with Crippen molar-refractivity contribution in [2.75, 3.05) is 33.4 Å². The van der Waals surface area contributed by atoms with Crippen LogP contribution in [0.1, 0.15) is 0 Å². The zero-order valence-electron chi connectivity index (χ0n) is 10.8. The summed E-state index contributed by atoms with van der Waals surface area (Å²) in [7, 11) is -1.95. The van der Waals surface area contributed by atoms with E-state index in [2.05, 4.69) is 10.0 Å². The highest BCUT2D eigenvalue weighted by Crippen LogP contribution is 2.15. The molecule has 1 saturated heterocycles. The second kappa shape index (κ2) is 6.33. The summed E-state index contributed by atoms with van der Waals surface area (Å²) in [5, 5.41) is 3.19. The van der Waals surface area contributed by atoms with Gasteiger partial charge in [0.25, 0.3) is 0 Å². The molecule has 2 N–H and O–H groups in total. The summed E-state index contributed by atoms with van der Waals surface area (Å²) in [6.45, 7) is 2.25. The maximum absolute atomic E-state index is 12.1. The number of benzene rings is 1. The standard InChI is InChI=1S/C12H18N2O4S/c1-17-11-2-4-12(5-3-11)19(15,16)14-8-10-9-18-7-6-13-10/h2-5,10,13-14H,6-9H2,1H3. The summed E-state index contributed by atoms with van der Waals surface area (Å²) < 4.78 is 36.9. The van der Waals surface area contributed by atoms with Crippen molar-refractivity contribution < 1.29 is 17.9 Å². The van der Waals surface area contributed by atoms with Crippen LogP contribution in [0.25, 0.3) is 0 Å². The highest BCUT2D eigenvalue weighted by Gasteiger charge is 2.18. The van der Waals surface area contributed by atoms with Gasteiger partial charge in [0.05, 0.1) is 25.2 Å².